The summed E-state index contributed by atoms with van der Waals surface area (Å²) in [5.41, 5.74) is 3.00. The first-order valence-corrected chi connectivity index (χ1v) is 6.15. The second-order valence-electron chi connectivity index (χ2n) is 4.51. The third-order valence-electron chi connectivity index (χ3n) is 3.37. The molecule has 16 heavy (non-hydrogen) atoms. The lowest BCUT2D eigenvalue weighted by Crippen LogP contribution is -2.59. The second-order valence-corrected chi connectivity index (χ2v) is 4.51. The van der Waals surface area contributed by atoms with Crippen LogP contribution in [0, 0.1) is 11.8 Å². The summed E-state index contributed by atoms with van der Waals surface area (Å²) in [6.07, 6.45) is 1.89. The number of hydrogen-bond acceptors (Lipinski definition) is 3. The summed E-state index contributed by atoms with van der Waals surface area (Å²) in [6, 6.07) is 0.272. The van der Waals surface area contributed by atoms with Crippen LogP contribution in [0.25, 0.3) is 0 Å². The fraction of sp³-hybridized carbons (Fsp3) is 0.846. The molecule has 0 aromatic carbocycles. The summed E-state index contributed by atoms with van der Waals surface area (Å²) >= 11 is 0. The lowest BCUT2D eigenvalue weighted by atomic mass is 9.89. The molecule has 0 saturated carbocycles. The predicted octanol–water partition coefficient (Wildman–Crippen LogP) is 1.74. The normalized spacial score (nSPS) is 13.4. The van der Waals surface area contributed by atoms with Gasteiger partial charge in [-0.1, -0.05) is 13.8 Å². The SMILES string of the molecule is CC#CCCC(NN)C(C)(C)N(CC)CC. The Hall–Kier alpha value is -0.560. The first kappa shape index (κ1) is 15.4. The Morgan fingerprint density at radius 1 is 1.31 bits per heavy atom. The van der Waals surface area contributed by atoms with Crippen LogP contribution in [0.4, 0.5) is 0 Å². The Balaban J connectivity index is 4.55. The fourth-order valence-corrected chi connectivity index (χ4v) is 2.24. The Bertz CT molecular complexity index is 233. The van der Waals surface area contributed by atoms with Crippen molar-refractivity contribution >= 4 is 0 Å². The molecule has 0 saturated heterocycles. The highest BCUT2D eigenvalue weighted by atomic mass is 15.3. The van der Waals surface area contributed by atoms with Crippen molar-refractivity contribution in [2.75, 3.05) is 13.1 Å². The molecule has 0 aromatic rings. The van der Waals surface area contributed by atoms with Gasteiger partial charge in [-0.2, -0.15) is 0 Å². The Morgan fingerprint density at radius 2 is 1.88 bits per heavy atom. The van der Waals surface area contributed by atoms with E-state index < -0.39 is 0 Å². The highest BCUT2D eigenvalue weighted by molar-refractivity contribution is 4.99. The zero-order valence-electron chi connectivity index (χ0n) is 11.4. The molecule has 0 heterocycles. The van der Waals surface area contributed by atoms with E-state index in [1.807, 2.05) is 6.92 Å². The Kier molecular flexibility index (Phi) is 7.40. The van der Waals surface area contributed by atoms with Crippen LogP contribution in [0.2, 0.25) is 0 Å². The van der Waals surface area contributed by atoms with Gasteiger partial charge in [0.05, 0.1) is 0 Å². The summed E-state index contributed by atoms with van der Waals surface area (Å²) in [5, 5.41) is 0. The Morgan fingerprint density at radius 3 is 2.25 bits per heavy atom. The lowest BCUT2D eigenvalue weighted by molar-refractivity contribution is 0.0882. The van der Waals surface area contributed by atoms with Crippen molar-refractivity contribution in [2.24, 2.45) is 5.84 Å². The molecule has 0 aromatic heterocycles. The number of nitrogens with zero attached hydrogens (tertiary/aromatic N) is 1. The summed E-state index contributed by atoms with van der Waals surface area (Å²) in [6.45, 7) is 12.8. The van der Waals surface area contributed by atoms with E-state index in [1.165, 1.54) is 0 Å². The molecule has 1 atom stereocenters. The van der Waals surface area contributed by atoms with Gasteiger partial charge in [0.1, 0.15) is 0 Å². The van der Waals surface area contributed by atoms with Crippen LogP contribution in [0.5, 0.6) is 0 Å². The quantitative estimate of drug-likeness (QED) is 0.394. The topological polar surface area (TPSA) is 41.3 Å². The summed E-state index contributed by atoms with van der Waals surface area (Å²) in [4.78, 5) is 2.43. The minimum atomic E-state index is 0.0632. The van der Waals surface area contributed by atoms with Gasteiger partial charge in [-0.25, -0.2) is 0 Å². The number of hydrazine groups is 1. The Labute approximate surface area is 101 Å². The van der Waals surface area contributed by atoms with Gasteiger partial charge in [0.25, 0.3) is 0 Å². The minimum absolute atomic E-state index is 0.0632. The summed E-state index contributed by atoms with van der Waals surface area (Å²) in [5.74, 6) is 11.7. The standard InChI is InChI=1S/C13H27N3/c1-6-9-10-11-12(15-14)13(4,5)16(7-2)8-3/h12,15H,7-8,10-11,14H2,1-5H3. The van der Waals surface area contributed by atoms with E-state index in [0.717, 1.165) is 25.9 Å². The molecule has 0 rings (SSSR count). The van der Waals surface area contributed by atoms with Gasteiger partial charge in [0, 0.05) is 18.0 Å². The van der Waals surface area contributed by atoms with Gasteiger partial charge in [-0.05, 0) is 40.3 Å². The highest BCUT2D eigenvalue weighted by Gasteiger charge is 2.32. The smallest absolute Gasteiger partial charge is 0.0398 e. The van der Waals surface area contributed by atoms with E-state index >= 15 is 0 Å². The van der Waals surface area contributed by atoms with Crippen molar-refractivity contribution in [3.05, 3.63) is 0 Å². The summed E-state index contributed by atoms with van der Waals surface area (Å²) in [7, 11) is 0. The second kappa shape index (κ2) is 7.67. The van der Waals surface area contributed by atoms with E-state index in [0.29, 0.717) is 0 Å². The molecule has 0 aliphatic heterocycles. The average molecular weight is 225 g/mol. The molecule has 0 amide bonds. The van der Waals surface area contributed by atoms with Crippen molar-refractivity contribution in [1.82, 2.24) is 10.3 Å². The van der Waals surface area contributed by atoms with Crippen molar-refractivity contribution in [3.63, 3.8) is 0 Å². The van der Waals surface area contributed by atoms with Crippen molar-refractivity contribution < 1.29 is 0 Å². The zero-order valence-corrected chi connectivity index (χ0v) is 11.4. The molecular weight excluding hydrogens is 198 g/mol. The molecule has 0 bridgehead atoms. The highest BCUT2D eigenvalue weighted by Crippen LogP contribution is 2.21. The van der Waals surface area contributed by atoms with Crippen molar-refractivity contribution in [2.45, 2.75) is 59.0 Å². The third kappa shape index (κ3) is 4.13. The van der Waals surface area contributed by atoms with Gasteiger partial charge in [-0.15, -0.1) is 11.8 Å². The third-order valence-corrected chi connectivity index (χ3v) is 3.37. The summed E-state index contributed by atoms with van der Waals surface area (Å²) < 4.78 is 0. The van der Waals surface area contributed by atoms with E-state index in [1.54, 1.807) is 0 Å². The monoisotopic (exact) mass is 225 g/mol. The zero-order chi connectivity index (χ0) is 12.6. The number of likely N-dealkylation sites (N-methyl/N-ethyl adjacent to an activating group) is 1. The van der Waals surface area contributed by atoms with E-state index in [9.17, 15) is 0 Å². The number of nitrogens with two attached hydrogens (primary N) is 1. The van der Waals surface area contributed by atoms with E-state index in [2.05, 4.69) is 49.9 Å². The van der Waals surface area contributed by atoms with Crippen molar-refractivity contribution in [1.29, 1.82) is 0 Å². The van der Waals surface area contributed by atoms with Crippen molar-refractivity contribution in [3.8, 4) is 11.8 Å². The van der Waals surface area contributed by atoms with Crippen LogP contribution < -0.4 is 11.3 Å². The number of hydrogen-bond donors (Lipinski definition) is 2. The molecule has 3 heteroatoms. The molecule has 94 valence electrons. The molecule has 0 aliphatic rings. The largest absolute Gasteiger partial charge is 0.297 e. The molecule has 3 N–H and O–H groups in total. The molecular formula is C13H27N3. The maximum atomic E-state index is 5.66. The van der Waals surface area contributed by atoms with Gasteiger partial charge in [-0.3, -0.25) is 16.2 Å². The van der Waals surface area contributed by atoms with Crippen LogP contribution >= 0.6 is 0 Å². The van der Waals surface area contributed by atoms with Crippen LogP contribution in [0.1, 0.15) is 47.5 Å². The van der Waals surface area contributed by atoms with Gasteiger partial charge < -0.3 is 0 Å². The predicted molar refractivity (Wildman–Crippen MR) is 70.8 cm³/mol. The fourth-order valence-electron chi connectivity index (χ4n) is 2.24. The molecule has 0 radical (unpaired) electrons. The lowest BCUT2D eigenvalue weighted by Gasteiger charge is -2.43. The van der Waals surface area contributed by atoms with Gasteiger partial charge in [0.15, 0.2) is 0 Å². The van der Waals surface area contributed by atoms with E-state index in [-0.39, 0.29) is 11.6 Å². The number of rotatable bonds is 7. The van der Waals surface area contributed by atoms with Crippen LogP contribution in [-0.4, -0.2) is 29.6 Å². The minimum Gasteiger partial charge on any atom is -0.297 e. The molecule has 1 unspecified atom stereocenters. The average Bonchev–Trinajstić information content (AvgIpc) is 2.25. The van der Waals surface area contributed by atoms with Crippen LogP contribution in [-0.2, 0) is 0 Å². The number of nitrogens with one attached hydrogen (secondary N) is 1. The molecule has 0 spiro atoms. The first-order chi connectivity index (χ1) is 7.54. The molecule has 3 nitrogen and oxygen atoms in total. The van der Waals surface area contributed by atoms with Gasteiger partial charge in [0.2, 0.25) is 0 Å². The van der Waals surface area contributed by atoms with Crippen LogP contribution in [0.3, 0.4) is 0 Å². The van der Waals surface area contributed by atoms with E-state index in [4.69, 9.17) is 5.84 Å². The maximum Gasteiger partial charge on any atom is 0.0398 e. The van der Waals surface area contributed by atoms with Gasteiger partial charge >= 0.3 is 0 Å². The van der Waals surface area contributed by atoms with Crippen LogP contribution in [0.15, 0.2) is 0 Å². The maximum absolute atomic E-state index is 5.66. The first-order valence-electron chi connectivity index (χ1n) is 6.15. The molecule has 0 aliphatic carbocycles. The molecule has 0 fully saturated rings.